The van der Waals surface area contributed by atoms with Crippen LogP contribution in [0.4, 0.5) is 4.79 Å². The van der Waals surface area contributed by atoms with Gasteiger partial charge in [-0.3, -0.25) is 0 Å². The predicted octanol–water partition coefficient (Wildman–Crippen LogP) is 8.27. The van der Waals surface area contributed by atoms with E-state index in [2.05, 4.69) is 46.7 Å². The monoisotopic (exact) mass is 745 g/mol. The Kier molecular flexibility index (Phi) is 12.1. The number of hydrogen-bond acceptors (Lipinski definition) is 6. The van der Waals surface area contributed by atoms with Crippen LogP contribution >= 0.6 is 11.6 Å². The summed E-state index contributed by atoms with van der Waals surface area (Å²) in [6.45, 7) is 5.20. The van der Waals surface area contributed by atoms with Crippen LogP contribution in [0, 0.1) is 5.92 Å². The van der Waals surface area contributed by atoms with Crippen molar-refractivity contribution in [1.29, 1.82) is 0 Å². The summed E-state index contributed by atoms with van der Waals surface area (Å²) in [5.74, 6) is 0.0376. The number of likely N-dealkylation sites (tertiary alicyclic amines) is 1. The highest BCUT2D eigenvalue weighted by Crippen LogP contribution is 2.43. The molecule has 2 fully saturated rings. The van der Waals surface area contributed by atoms with E-state index in [0.29, 0.717) is 37.5 Å². The number of nitrogens with zero attached hydrogens (tertiary/aromatic N) is 1. The average Bonchev–Trinajstić information content (AvgIpc) is 3.21. The van der Waals surface area contributed by atoms with Gasteiger partial charge in [-0.1, -0.05) is 122 Å². The summed E-state index contributed by atoms with van der Waals surface area (Å²) in [4.78, 5) is 14.9. The number of benzene rings is 5. The molecule has 0 aliphatic carbocycles. The van der Waals surface area contributed by atoms with Crippen LogP contribution in [-0.2, 0) is 34.8 Å². The SMILES string of the molecule is C[C@@H]1[C@H](CN2CCC(O)(c3ccc(Cl)cc3)CC2)O[C@H](c2cccc(-c3cccc(CNC(=O)NCc4ccccc4)c3)c2)O[C@@H]1c1ccc(CO)cc1. The number of aliphatic hydroxyl groups is 2. The molecule has 5 aromatic rings. The van der Waals surface area contributed by atoms with Gasteiger partial charge in [-0.25, -0.2) is 4.79 Å². The molecule has 0 spiro atoms. The van der Waals surface area contributed by atoms with Gasteiger partial charge in [-0.2, -0.15) is 0 Å². The fourth-order valence-electron chi connectivity index (χ4n) is 7.49. The summed E-state index contributed by atoms with van der Waals surface area (Å²) >= 11 is 6.12. The number of rotatable bonds is 11. The smallest absolute Gasteiger partial charge is 0.315 e. The van der Waals surface area contributed by atoms with E-state index in [9.17, 15) is 15.0 Å². The predicted molar refractivity (Wildman–Crippen MR) is 211 cm³/mol. The first-order chi connectivity index (χ1) is 26.3. The van der Waals surface area contributed by atoms with Crippen LogP contribution in [0.1, 0.15) is 65.5 Å². The Balaban J connectivity index is 1.05. The fraction of sp³-hybridized carbons (Fsp3) is 0.311. The number of piperidine rings is 1. The number of carbonyl (C=O) groups is 1. The van der Waals surface area contributed by atoms with Crippen LogP contribution in [0.25, 0.3) is 11.1 Å². The van der Waals surface area contributed by atoms with Gasteiger partial charge in [0.2, 0.25) is 0 Å². The van der Waals surface area contributed by atoms with Crippen molar-refractivity contribution in [3.05, 3.63) is 166 Å². The Labute approximate surface area is 322 Å². The number of nitrogens with one attached hydrogen (secondary N) is 2. The van der Waals surface area contributed by atoms with E-state index < -0.39 is 11.9 Å². The molecule has 0 radical (unpaired) electrons. The van der Waals surface area contributed by atoms with Crippen LogP contribution in [-0.4, -0.2) is 46.9 Å². The summed E-state index contributed by atoms with van der Waals surface area (Å²) in [7, 11) is 0. The second-order valence-corrected chi connectivity index (χ2v) is 14.9. The minimum Gasteiger partial charge on any atom is -0.392 e. The standard InChI is InChI=1S/C45H48ClN3O5/c1-31-41(29-49-23-21-45(52,22-24-49)39-17-19-40(46)20-18-39)53-43(54-42(31)35-15-13-33(30-50)14-16-35)38-12-6-11-37(26-38)36-10-5-9-34(25-36)28-48-44(51)47-27-32-7-3-2-4-8-32/h2-20,25-26,31,41-43,50,52H,21-24,27-30H2,1H3,(H2,47,48,51)/t31-,41+,42+,43+/m1/s1. The first kappa shape index (κ1) is 37.8. The Morgan fingerprint density at radius 3 is 2.11 bits per heavy atom. The lowest BCUT2D eigenvalue weighted by Crippen LogP contribution is -2.49. The molecule has 54 heavy (non-hydrogen) atoms. The van der Waals surface area contributed by atoms with Crippen LogP contribution < -0.4 is 10.6 Å². The van der Waals surface area contributed by atoms with Gasteiger partial charge in [0.25, 0.3) is 0 Å². The van der Waals surface area contributed by atoms with Gasteiger partial charge < -0.3 is 35.2 Å². The number of halogens is 1. The highest BCUT2D eigenvalue weighted by molar-refractivity contribution is 6.30. The lowest BCUT2D eigenvalue weighted by Gasteiger charge is -2.45. The van der Waals surface area contributed by atoms with E-state index in [1.54, 1.807) is 0 Å². The molecule has 7 rings (SSSR count). The number of aliphatic hydroxyl groups excluding tert-OH is 1. The minimum atomic E-state index is -0.884. The van der Waals surface area contributed by atoms with Gasteiger partial charge in [0.1, 0.15) is 0 Å². The van der Waals surface area contributed by atoms with Crippen molar-refractivity contribution in [3.63, 3.8) is 0 Å². The Bertz CT molecular complexity index is 1980. The summed E-state index contributed by atoms with van der Waals surface area (Å²) in [6, 6.07) is 41.6. The van der Waals surface area contributed by atoms with Crippen molar-refractivity contribution >= 4 is 17.6 Å². The van der Waals surface area contributed by atoms with E-state index in [4.69, 9.17) is 21.1 Å². The molecule has 2 aliphatic heterocycles. The molecule has 5 aromatic carbocycles. The van der Waals surface area contributed by atoms with Crippen molar-refractivity contribution in [2.45, 2.75) is 63.6 Å². The molecule has 9 heteroatoms. The molecule has 280 valence electrons. The highest BCUT2D eigenvalue weighted by Gasteiger charge is 2.41. The van der Waals surface area contributed by atoms with Crippen LogP contribution in [0.15, 0.2) is 127 Å². The summed E-state index contributed by atoms with van der Waals surface area (Å²) in [5.41, 5.74) is 6.91. The lowest BCUT2D eigenvalue weighted by atomic mass is 9.84. The van der Waals surface area contributed by atoms with Crippen molar-refractivity contribution in [2.24, 2.45) is 5.92 Å². The zero-order valence-electron chi connectivity index (χ0n) is 30.5. The zero-order valence-corrected chi connectivity index (χ0v) is 31.3. The molecule has 2 heterocycles. The number of ether oxygens (including phenoxy) is 2. The number of hydrogen-bond donors (Lipinski definition) is 4. The van der Waals surface area contributed by atoms with Crippen LogP contribution in [0.5, 0.6) is 0 Å². The molecule has 0 bridgehead atoms. The van der Waals surface area contributed by atoms with Gasteiger partial charge >= 0.3 is 6.03 Å². The Morgan fingerprint density at radius 2 is 1.41 bits per heavy atom. The van der Waals surface area contributed by atoms with Crippen molar-refractivity contribution in [1.82, 2.24) is 15.5 Å². The first-order valence-corrected chi connectivity index (χ1v) is 19.1. The maximum Gasteiger partial charge on any atom is 0.315 e. The normalized spacial score (nSPS) is 21.3. The number of amides is 2. The van der Waals surface area contributed by atoms with Gasteiger partial charge in [-0.05, 0) is 76.1 Å². The van der Waals surface area contributed by atoms with E-state index in [-0.39, 0.29) is 30.8 Å². The average molecular weight is 746 g/mol. The molecule has 2 aliphatic rings. The maximum absolute atomic E-state index is 12.5. The van der Waals surface area contributed by atoms with Gasteiger partial charge in [0.15, 0.2) is 6.29 Å². The third kappa shape index (κ3) is 9.21. The molecule has 0 aromatic heterocycles. The summed E-state index contributed by atoms with van der Waals surface area (Å²) in [6.07, 6.45) is 0.262. The number of urea groups is 1. The second kappa shape index (κ2) is 17.3. The molecule has 8 nitrogen and oxygen atoms in total. The molecule has 0 saturated carbocycles. The van der Waals surface area contributed by atoms with Gasteiger partial charge in [-0.15, -0.1) is 0 Å². The lowest BCUT2D eigenvalue weighted by molar-refractivity contribution is -0.277. The van der Waals surface area contributed by atoms with E-state index in [1.807, 2.05) is 103 Å². The van der Waals surface area contributed by atoms with Gasteiger partial charge in [0.05, 0.1) is 24.4 Å². The van der Waals surface area contributed by atoms with Crippen LogP contribution in [0.2, 0.25) is 5.02 Å². The summed E-state index contributed by atoms with van der Waals surface area (Å²) < 4.78 is 13.6. The minimum absolute atomic E-state index is 0.0153. The van der Waals surface area contributed by atoms with Crippen molar-refractivity contribution in [3.8, 4) is 11.1 Å². The Hall–Kier alpha value is -4.54. The Morgan fingerprint density at radius 1 is 0.759 bits per heavy atom. The van der Waals surface area contributed by atoms with Crippen molar-refractivity contribution < 1.29 is 24.5 Å². The molecule has 4 atom stereocenters. The topological polar surface area (TPSA) is 103 Å². The molecular formula is C45H48ClN3O5. The molecule has 2 saturated heterocycles. The van der Waals surface area contributed by atoms with E-state index in [0.717, 1.165) is 57.6 Å². The fourth-order valence-corrected chi connectivity index (χ4v) is 7.61. The quantitative estimate of drug-likeness (QED) is 0.109. The largest absolute Gasteiger partial charge is 0.392 e. The van der Waals surface area contributed by atoms with E-state index in [1.165, 1.54) is 0 Å². The molecule has 0 unspecified atom stereocenters. The zero-order chi connectivity index (χ0) is 37.5. The molecular weight excluding hydrogens is 698 g/mol. The molecule has 2 amide bonds. The summed E-state index contributed by atoms with van der Waals surface area (Å²) in [5, 5.41) is 27.8. The maximum atomic E-state index is 12.5. The first-order valence-electron chi connectivity index (χ1n) is 18.7. The second-order valence-electron chi connectivity index (χ2n) is 14.5. The molecule has 4 N–H and O–H groups in total. The third-order valence-electron chi connectivity index (χ3n) is 10.8. The van der Waals surface area contributed by atoms with Gasteiger partial charge in [0, 0.05) is 49.2 Å². The van der Waals surface area contributed by atoms with Crippen molar-refractivity contribution in [2.75, 3.05) is 19.6 Å². The van der Waals surface area contributed by atoms with Crippen LogP contribution in [0.3, 0.4) is 0 Å². The highest BCUT2D eigenvalue weighted by atomic mass is 35.5. The van der Waals surface area contributed by atoms with E-state index >= 15 is 0 Å². The number of carbonyl (C=O) groups excluding carboxylic acids is 1. The third-order valence-corrected chi connectivity index (χ3v) is 11.0.